The number of methoxy groups -OCH3 is 4. The molecule has 0 fully saturated rings. The van der Waals surface area contributed by atoms with Crippen LogP contribution in [0.15, 0.2) is 36.4 Å². The Morgan fingerprint density at radius 3 is 1.27 bits per heavy atom. The molecule has 0 heterocycles. The first-order chi connectivity index (χ1) is 19.5. The van der Waals surface area contributed by atoms with Crippen LogP contribution in [0.5, 0.6) is 23.0 Å². The van der Waals surface area contributed by atoms with Crippen LogP contribution in [0.2, 0.25) is 0 Å². The highest BCUT2D eigenvalue weighted by Crippen LogP contribution is 2.30. The number of hydrogen-bond acceptors (Lipinski definition) is 10. The van der Waals surface area contributed by atoms with E-state index in [1.165, 1.54) is 60.5 Å². The molecule has 0 radical (unpaired) electrons. The van der Waals surface area contributed by atoms with Crippen molar-refractivity contribution >= 4 is 11.9 Å². The number of carbonyl (C=O) groups excluding carboxylic acids is 2. The molecule has 0 aliphatic rings. The van der Waals surface area contributed by atoms with Gasteiger partial charge in [-0.15, -0.1) is 9.78 Å². The van der Waals surface area contributed by atoms with Crippen molar-refractivity contribution in [3.8, 4) is 23.0 Å². The van der Waals surface area contributed by atoms with Gasteiger partial charge in [0.15, 0.2) is 0 Å². The second-order valence-corrected chi connectivity index (χ2v) is 9.06. The van der Waals surface area contributed by atoms with Gasteiger partial charge in [-0.05, 0) is 30.7 Å². The minimum atomic E-state index is -1.18. The second-order valence-electron chi connectivity index (χ2n) is 9.06. The Labute approximate surface area is 236 Å². The SMILES string of the molecule is CCCCCCCCCCCC(OOC(=O)c1c(OC)cccc1OC)OOC(=O)c1c(OC)cccc1OC. The van der Waals surface area contributed by atoms with Crippen LogP contribution in [0, 0.1) is 0 Å². The van der Waals surface area contributed by atoms with Gasteiger partial charge in [0.25, 0.3) is 0 Å². The average Bonchev–Trinajstić information content (AvgIpc) is 2.99. The Morgan fingerprint density at radius 2 is 0.925 bits per heavy atom. The fourth-order valence-corrected chi connectivity index (χ4v) is 4.12. The molecule has 10 heteroatoms. The first-order valence-corrected chi connectivity index (χ1v) is 13.7. The van der Waals surface area contributed by atoms with E-state index in [4.69, 9.17) is 38.5 Å². The van der Waals surface area contributed by atoms with Gasteiger partial charge in [0, 0.05) is 6.42 Å². The monoisotopic (exact) mass is 562 g/mol. The molecule has 222 valence electrons. The van der Waals surface area contributed by atoms with Crippen LogP contribution in [-0.2, 0) is 19.6 Å². The summed E-state index contributed by atoms with van der Waals surface area (Å²) in [4.78, 5) is 46.5. The minimum absolute atomic E-state index is 0.0464. The van der Waals surface area contributed by atoms with Gasteiger partial charge >= 0.3 is 11.9 Å². The molecule has 2 aromatic carbocycles. The van der Waals surface area contributed by atoms with Crippen molar-refractivity contribution in [3.63, 3.8) is 0 Å². The fourth-order valence-electron chi connectivity index (χ4n) is 4.12. The summed E-state index contributed by atoms with van der Waals surface area (Å²) >= 11 is 0. The molecule has 10 nitrogen and oxygen atoms in total. The zero-order valence-electron chi connectivity index (χ0n) is 24.2. The number of rotatable bonds is 20. The lowest BCUT2D eigenvalue weighted by Gasteiger charge is -2.17. The van der Waals surface area contributed by atoms with Crippen molar-refractivity contribution in [1.82, 2.24) is 0 Å². The van der Waals surface area contributed by atoms with Crippen molar-refractivity contribution < 1.29 is 48.1 Å². The van der Waals surface area contributed by atoms with E-state index in [0.29, 0.717) is 12.8 Å². The Hall–Kier alpha value is -3.50. The lowest BCUT2D eigenvalue weighted by molar-refractivity contribution is -0.422. The summed E-state index contributed by atoms with van der Waals surface area (Å²) in [6, 6.07) is 9.73. The van der Waals surface area contributed by atoms with Gasteiger partial charge in [0.1, 0.15) is 34.1 Å². The quantitative estimate of drug-likeness (QED) is 0.0736. The maximum Gasteiger partial charge on any atom is 0.380 e. The standard InChI is InChI=1S/C30H42O10/c1-6-7-8-9-10-11-12-13-14-21-26(37-39-29(31)27-22(33-2)17-15-18-23(27)34-3)38-40-30(32)28-24(35-4)19-16-20-25(28)36-5/h15-20,26H,6-14,21H2,1-5H3. The van der Waals surface area contributed by atoms with E-state index < -0.39 is 18.2 Å². The number of unbranched alkanes of at least 4 members (excludes halogenated alkanes) is 8. The molecule has 0 aromatic heterocycles. The van der Waals surface area contributed by atoms with Crippen molar-refractivity contribution in [2.45, 2.75) is 77.4 Å². The molecule has 2 aromatic rings. The van der Waals surface area contributed by atoms with Gasteiger partial charge in [-0.1, -0.05) is 70.4 Å². The maximum atomic E-state index is 12.9. The lowest BCUT2D eigenvalue weighted by atomic mass is 10.1. The third kappa shape index (κ3) is 10.2. The molecule has 0 bridgehead atoms. The summed E-state index contributed by atoms with van der Waals surface area (Å²) in [5.74, 6) is -0.711. The summed E-state index contributed by atoms with van der Waals surface area (Å²) in [7, 11) is 5.70. The molecule has 0 atom stereocenters. The first kappa shape index (κ1) is 32.7. The van der Waals surface area contributed by atoms with Crippen LogP contribution >= 0.6 is 0 Å². The number of carbonyl (C=O) groups is 2. The van der Waals surface area contributed by atoms with Crippen LogP contribution in [0.3, 0.4) is 0 Å². The average molecular weight is 563 g/mol. The predicted octanol–water partition coefficient (Wildman–Crippen LogP) is 6.85. The maximum absolute atomic E-state index is 12.9. The van der Waals surface area contributed by atoms with Crippen LogP contribution in [-0.4, -0.2) is 46.7 Å². The van der Waals surface area contributed by atoms with Gasteiger partial charge in [-0.3, -0.25) is 9.78 Å². The predicted molar refractivity (Wildman–Crippen MR) is 148 cm³/mol. The van der Waals surface area contributed by atoms with E-state index in [-0.39, 0.29) is 34.1 Å². The molecule has 2 rings (SSSR count). The molecule has 0 saturated carbocycles. The van der Waals surface area contributed by atoms with Crippen molar-refractivity contribution in [2.75, 3.05) is 28.4 Å². The van der Waals surface area contributed by atoms with Crippen LogP contribution in [0.1, 0.15) is 91.8 Å². The van der Waals surface area contributed by atoms with Gasteiger partial charge in [-0.2, -0.15) is 0 Å². The van der Waals surface area contributed by atoms with Crippen LogP contribution < -0.4 is 18.9 Å². The molecular formula is C30H42O10. The summed E-state index contributed by atoms with van der Waals surface area (Å²) < 4.78 is 21.0. The Kier molecular flexibility index (Phi) is 15.3. The molecule has 0 spiro atoms. The van der Waals surface area contributed by atoms with Crippen molar-refractivity contribution in [1.29, 1.82) is 0 Å². The Morgan fingerprint density at radius 1 is 0.575 bits per heavy atom. The van der Waals surface area contributed by atoms with Crippen LogP contribution in [0.4, 0.5) is 0 Å². The molecule has 0 N–H and O–H groups in total. The molecule has 40 heavy (non-hydrogen) atoms. The van der Waals surface area contributed by atoms with Gasteiger partial charge in [0.05, 0.1) is 28.4 Å². The van der Waals surface area contributed by atoms with Crippen molar-refractivity contribution in [3.05, 3.63) is 47.5 Å². The summed E-state index contributed by atoms with van der Waals surface area (Å²) in [6.07, 6.45) is 9.15. The number of ether oxygens (including phenoxy) is 4. The smallest absolute Gasteiger partial charge is 0.380 e. The van der Waals surface area contributed by atoms with E-state index in [1.807, 2.05) is 0 Å². The normalized spacial score (nSPS) is 10.8. The van der Waals surface area contributed by atoms with Crippen LogP contribution in [0.25, 0.3) is 0 Å². The molecule has 0 unspecified atom stereocenters. The highest BCUT2D eigenvalue weighted by Gasteiger charge is 2.26. The fraction of sp³-hybridized carbons (Fsp3) is 0.533. The summed E-state index contributed by atoms with van der Waals surface area (Å²) in [6.45, 7) is 2.20. The zero-order chi connectivity index (χ0) is 29.2. The zero-order valence-corrected chi connectivity index (χ0v) is 24.2. The second kappa shape index (κ2) is 18.7. The van der Waals surface area contributed by atoms with E-state index in [0.717, 1.165) is 19.3 Å². The highest BCUT2D eigenvalue weighted by atomic mass is 17.3. The van der Waals surface area contributed by atoms with E-state index in [1.54, 1.807) is 36.4 Å². The first-order valence-electron chi connectivity index (χ1n) is 13.7. The van der Waals surface area contributed by atoms with Gasteiger partial charge < -0.3 is 18.9 Å². The molecular weight excluding hydrogens is 520 g/mol. The summed E-state index contributed by atoms with van der Waals surface area (Å²) in [5.41, 5.74) is 0.0927. The third-order valence-corrected chi connectivity index (χ3v) is 6.27. The Balaban J connectivity index is 2.02. The summed E-state index contributed by atoms with van der Waals surface area (Å²) in [5, 5.41) is 0. The topological polar surface area (TPSA) is 108 Å². The number of hydrogen-bond donors (Lipinski definition) is 0. The van der Waals surface area contributed by atoms with Gasteiger partial charge in [0.2, 0.25) is 6.29 Å². The third-order valence-electron chi connectivity index (χ3n) is 6.27. The van der Waals surface area contributed by atoms with Gasteiger partial charge in [-0.25, -0.2) is 9.59 Å². The largest absolute Gasteiger partial charge is 0.496 e. The molecule has 0 amide bonds. The van der Waals surface area contributed by atoms with Crippen molar-refractivity contribution in [2.24, 2.45) is 0 Å². The number of benzene rings is 2. The van der Waals surface area contributed by atoms with E-state index >= 15 is 0 Å². The van der Waals surface area contributed by atoms with E-state index in [9.17, 15) is 9.59 Å². The minimum Gasteiger partial charge on any atom is -0.496 e. The lowest BCUT2D eigenvalue weighted by Crippen LogP contribution is -2.23. The molecule has 0 aliphatic heterocycles. The van der Waals surface area contributed by atoms with E-state index in [2.05, 4.69) is 6.92 Å². The highest BCUT2D eigenvalue weighted by molar-refractivity contribution is 5.96. The molecule has 0 saturated heterocycles. The molecule has 0 aliphatic carbocycles. The Bertz CT molecular complexity index is 923.